The largest absolute Gasteiger partial charge is 0.310 e. The molecule has 1 aliphatic rings. The number of amides is 1. The summed E-state index contributed by atoms with van der Waals surface area (Å²) in [6.07, 6.45) is 5.01. The van der Waals surface area contributed by atoms with Crippen molar-refractivity contribution in [2.75, 3.05) is 5.32 Å². The van der Waals surface area contributed by atoms with Crippen LogP contribution in [0.5, 0.6) is 0 Å². The predicted molar refractivity (Wildman–Crippen MR) is 87.9 cm³/mol. The van der Waals surface area contributed by atoms with Gasteiger partial charge in [-0.3, -0.25) is 14.3 Å². The molecular formula is C17H12ClFN4O. The van der Waals surface area contributed by atoms with Crippen LogP contribution in [0.2, 0.25) is 5.02 Å². The van der Waals surface area contributed by atoms with E-state index < -0.39 is 11.7 Å². The van der Waals surface area contributed by atoms with Crippen LogP contribution >= 0.6 is 11.6 Å². The number of hydrogen-bond donors (Lipinski definition) is 1. The Hall–Kier alpha value is -2.73. The van der Waals surface area contributed by atoms with E-state index in [0.29, 0.717) is 17.1 Å². The third-order valence-corrected chi connectivity index (χ3v) is 4.38. The lowest BCUT2D eigenvalue weighted by Crippen LogP contribution is -2.25. The fourth-order valence-electron chi connectivity index (χ4n) is 2.98. The zero-order valence-electron chi connectivity index (χ0n) is 12.4. The summed E-state index contributed by atoms with van der Waals surface area (Å²) in [5, 5.41) is 3.10. The number of aromatic nitrogens is 3. The lowest BCUT2D eigenvalue weighted by molar-refractivity contribution is -0.116. The Labute approximate surface area is 142 Å². The fourth-order valence-corrected chi connectivity index (χ4v) is 3.28. The molecule has 7 heteroatoms. The summed E-state index contributed by atoms with van der Waals surface area (Å²) >= 11 is 6.18. The van der Waals surface area contributed by atoms with Crippen LogP contribution in [0, 0.1) is 5.82 Å². The molecule has 120 valence electrons. The number of imidazole rings is 1. The summed E-state index contributed by atoms with van der Waals surface area (Å²) in [5.41, 5.74) is 1.64. The second kappa shape index (κ2) is 5.72. The lowest BCUT2D eigenvalue weighted by atomic mass is 9.89. The van der Waals surface area contributed by atoms with E-state index >= 15 is 0 Å². The van der Waals surface area contributed by atoms with Crippen LogP contribution in [-0.4, -0.2) is 20.4 Å². The molecule has 1 aromatic carbocycles. The van der Waals surface area contributed by atoms with Gasteiger partial charge < -0.3 is 5.32 Å². The number of fused-ring (bicyclic) bond motifs is 1. The number of pyridine rings is 1. The molecule has 1 aliphatic heterocycles. The maximum Gasteiger partial charge on any atom is 0.226 e. The molecule has 3 heterocycles. The Bertz CT molecular complexity index is 905. The Balaban J connectivity index is 1.88. The zero-order chi connectivity index (χ0) is 16.7. The summed E-state index contributed by atoms with van der Waals surface area (Å²) in [6.45, 7) is 0. The minimum Gasteiger partial charge on any atom is -0.310 e. The van der Waals surface area contributed by atoms with E-state index in [1.165, 1.54) is 6.07 Å². The maximum atomic E-state index is 14.3. The maximum absolute atomic E-state index is 14.3. The number of rotatable bonds is 2. The van der Waals surface area contributed by atoms with Crippen molar-refractivity contribution in [3.05, 3.63) is 71.2 Å². The first-order valence-electron chi connectivity index (χ1n) is 7.36. The van der Waals surface area contributed by atoms with Gasteiger partial charge in [0, 0.05) is 29.1 Å². The Kier molecular flexibility index (Phi) is 3.54. The van der Waals surface area contributed by atoms with Gasteiger partial charge in [0.2, 0.25) is 5.91 Å². The molecule has 0 aliphatic carbocycles. The molecule has 3 aromatic rings. The summed E-state index contributed by atoms with van der Waals surface area (Å²) in [6, 6.07) is 8.13. The molecule has 1 atom stereocenters. The first-order valence-corrected chi connectivity index (χ1v) is 7.74. The van der Waals surface area contributed by atoms with Crippen molar-refractivity contribution in [2.24, 2.45) is 0 Å². The van der Waals surface area contributed by atoms with Crippen LogP contribution in [-0.2, 0) is 4.79 Å². The lowest BCUT2D eigenvalue weighted by Gasteiger charge is -2.24. The quantitative estimate of drug-likeness (QED) is 0.775. The van der Waals surface area contributed by atoms with E-state index in [0.717, 1.165) is 5.69 Å². The van der Waals surface area contributed by atoms with E-state index in [-0.39, 0.29) is 17.4 Å². The molecule has 0 bridgehead atoms. The number of nitrogens with zero attached hydrogens (tertiary/aromatic N) is 3. The summed E-state index contributed by atoms with van der Waals surface area (Å²) in [5.74, 6) is -0.662. The van der Waals surface area contributed by atoms with Gasteiger partial charge in [0.1, 0.15) is 18.0 Å². The minimum absolute atomic E-state index is 0.0949. The van der Waals surface area contributed by atoms with Crippen LogP contribution in [0.15, 0.2) is 49.1 Å². The molecule has 0 saturated heterocycles. The summed E-state index contributed by atoms with van der Waals surface area (Å²) in [4.78, 5) is 20.7. The summed E-state index contributed by atoms with van der Waals surface area (Å²) < 4.78 is 16.0. The van der Waals surface area contributed by atoms with Crippen molar-refractivity contribution in [1.29, 1.82) is 0 Å². The molecule has 5 nitrogen and oxygen atoms in total. The van der Waals surface area contributed by atoms with Gasteiger partial charge in [0.05, 0.1) is 17.6 Å². The first-order chi connectivity index (χ1) is 11.6. The molecule has 24 heavy (non-hydrogen) atoms. The predicted octanol–water partition coefficient (Wildman–Crippen LogP) is 3.53. The number of anilines is 1. The second-order valence-corrected chi connectivity index (χ2v) is 5.91. The first kappa shape index (κ1) is 14.8. The molecular weight excluding hydrogens is 331 g/mol. The molecule has 1 unspecified atom stereocenters. The molecule has 0 spiro atoms. The van der Waals surface area contributed by atoms with Gasteiger partial charge in [-0.15, -0.1) is 0 Å². The highest BCUT2D eigenvalue weighted by Gasteiger charge is 2.33. The van der Waals surface area contributed by atoms with Gasteiger partial charge >= 0.3 is 0 Å². The van der Waals surface area contributed by atoms with Gasteiger partial charge in [-0.05, 0) is 24.3 Å². The molecule has 0 saturated carbocycles. The van der Waals surface area contributed by atoms with Crippen LogP contribution < -0.4 is 5.32 Å². The van der Waals surface area contributed by atoms with Crippen molar-refractivity contribution in [2.45, 2.75) is 12.3 Å². The van der Waals surface area contributed by atoms with E-state index in [2.05, 4.69) is 15.3 Å². The molecule has 1 N–H and O–H groups in total. The van der Waals surface area contributed by atoms with Crippen molar-refractivity contribution < 1.29 is 9.18 Å². The molecule has 4 rings (SSSR count). The zero-order valence-corrected chi connectivity index (χ0v) is 13.2. The highest BCUT2D eigenvalue weighted by molar-refractivity contribution is 6.31. The van der Waals surface area contributed by atoms with Gasteiger partial charge in [0.25, 0.3) is 0 Å². The van der Waals surface area contributed by atoms with Crippen LogP contribution in [0.25, 0.3) is 5.69 Å². The van der Waals surface area contributed by atoms with Crippen LogP contribution in [0.3, 0.4) is 0 Å². The minimum atomic E-state index is -0.527. The second-order valence-electron chi connectivity index (χ2n) is 5.50. The fraction of sp³-hybridized carbons (Fsp3) is 0.118. The average molecular weight is 343 g/mol. The number of carbonyl (C=O) groups excluding carboxylic acids is 1. The van der Waals surface area contributed by atoms with E-state index in [9.17, 15) is 9.18 Å². The van der Waals surface area contributed by atoms with Gasteiger partial charge in [0.15, 0.2) is 0 Å². The third kappa shape index (κ3) is 2.35. The third-order valence-electron chi connectivity index (χ3n) is 4.05. The van der Waals surface area contributed by atoms with Crippen molar-refractivity contribution in [3.63, 3.8) is 0 Å². The SMILES string of the molecule is O=C1CC(c2c(F)cccc2Cl)c2ncn(-c3cccnc3)c2N1. The highest BCUT2D eigenvalue weighted by Crippen LogP contribution is 2.40. The number of nitrogens with one attached hydrogen (secondary N) is 1. The van der Waals surface area contributed by atoms with Crippen molar-refractivity contribution >= 4 is 23.3 Å². The topological polar surface area (TPSA) is 59.8 Å². The number of carbonyl (C=O) groups is 1. The summed E-state index contributed by atoms with van der Waals surface area (Å²) in [7, 11) is 0. The smallest absolute Gasteiger partial charge is 0.226 e. The number of hydrogen-bond acceptors (Lipinski definition) is 3. The Morgan fingerprint density at radius 1 is 1.29 bits per heavy atom. The normalized spacial score (nSPS) is 16.6. The van der Waals surface area contributed by atoms with Crippen molar-refractivity contribution in [3.8, 4) is 5.69 Å². The molecule has 1 amide bonds. The Morgan fingerprint density at radius 2 is 2.17 bits per heavy atom. The van der Waals surface area contributed by atoms with E-state index in [4.69, 9.17) is 11.6 Å². The molecule has 0 radical (unpaired) electrons. The van der Waals surface area contributed by atoms with Gasteiger partial charge in [-0.2, -0.15) is 0 Å². The Morgan fingerprint density at radius 3 is 2.92 bits per heavy atom. The molecule has 0 fully saturated rings. The van der Waals surface area contributed by atoms with E-state index in [1.54, 1.807) is 41.5 Å². The average Bonchev–Trinajstić information content (AvgIpc) is 2.99. The van der Waals surface area contributed by atoms with Gasteiger partial charge in [-0.25, -0.2) is 9.37 Å². The number of halogens is 2. The van der Waals surface area contributed by atoms with Crippen LogP contribution in [0.4, 0.5) is 10.2 Å². The standard InChI is InChI=1S/C17H12ClFN4O/c18-12-4-1-5-13(19)15(12)11-7-14(24)22-17-16(11)21-9-23(17)10-3-2-6-20-8-10/h1-6,8-9,11H,7H2,(H,22,24). The highest BCUT2D eigenvalue weighted by atomic mass is 35.5. The van der Waals surface area contributed by atoms with Crippen LogP contribution in [0.1, 0.15) is 23.6 Å². The van der Waals surface area contributed by atoms with Gasteiger partial charge in [-0.1, -0.05) is 17.7 Å². The van der Waals surface area contributed by atoms with Crippen molar-refractivity contribution in [1.82, 2.24) is 14.5 Å². The number of benzene rings is 1. The van der Waals surface area contributed by atoms with E-state index in [1.807, 2.05) is 6.07 Å². The molecule has 2 aromatic heterocycles. The monoisotopic (exact) mass is 342 g/mol.